The second kappa shape index (κ2) is 14.4. The van der Waals surface area contributed by atoms with Crippen molar-refractivity contribution in [1.29, 1.82) is 0 Å². The second-order valence-corrected chi connectivity index (χ2v) is 10.5. The van der Waals surface area contributed by atoms with Gasteiger partial charge in [0.25, 0.3) is 0 Å². The first-order chi connectivity index (χ1) is 20.2. The van der Waals surface area contributed by atoms with Crippen LogP contribution >= 0.6 is 0 Å². The number of aliphatic carboxylic acids is 2. The van der Waals surface area contributed by atoms with E-state index < -0.39 is 18.4 Å². The highest BCUT2D eigenvalue weighted by Gasteiger charge is 2.17. The lowest BCUT2D eigenvalue weighted by atomic mass is 10.1. The van der Waals surface area contributed by atoms with E-state index in [1.165, 1.54) is 44.3 Å². The molecular formula is C33H38N2O7. The molecule has 1 aliphatic rings. The molecule has 9 heteroatoms. The summed E-state index contributed by atoms with van der Waals surface area (Å²) < 4.78 is 8.33. The van der Waals surface area contributed by atoms with Gasteiger partial charge in [-0.1, -0.05) is 25.0 Å². The minimum absolute atomic E-state index is 0.248. The normalized spacial score (nSPS) is 13.6. The van der Waals surface area contributed by atoms with Crippen molar-refractivity contribution in [3.63, 3.8) is 0 Å². The van der Waals surface area contributed by atoms with E-state index in [4.69, 9.17) is 14.9 Å². The molecule has 1 aliphatic heterocycles. The van der Waals surface area contributed by atoms with Crippen LogP contribution in [0, 0.1) is 6.92 Å². The number of aromatic nitrogens is 1. The van der Waals surface area contributed by atoms with Crippen LogP contribution in [0.2, 0.25) is 0 Å². The number of aromatic hydroxyl groups is 2. The molecule has 1 fully saturated rings. The molecule has 222 valence electrons. The summed E-state index contributed by atoms with van der Waals surface area (Å²) in [5.41, 5.74) is 5.47. The van der Waals surface area contributed by atoms with Crippen molar-refractivity contribution in [2.75, 3.05) is 26.2 Å². The average molecular weight is 575 g/mol. The Labute approximate surface area is 245 Å². The smallest absolute Gasteiger partial charge is 0.314 e. The molecule has 0 radical (unpaired) electrons. The maximum atomic E-state index is 10.1. The summed E-state index contributed by atoms with van der Waals surface area (Å²) in [6.45, 7) is 6.86. The van der Waals surface area contributed by atoms with Gasteiger partial charge in [0.2, 0.25) is 0 Å². The third kappa shape index (κ3) is 8.27. The Morgan fingerprint density at radius 2 is 1.43 bits per heavy atom. The Hall–Kier alpha value is -4.50. The molecule has 42 heavy (non-hydrogen) atoms. The predicted octanol–water partition coefficient (Wildman–Crippen LogP) is 5.88. The third-order valence-corrected chi connectivity index (χ3v) is 7.38. The number of likely N-dealkylation sites (tertiary alicyclic amines) is 1. The third-order valence-electron chi connectivity index (χ3n) is 7.38. The lowest BCUT2D eigenvalue weighted by molar-refractivity contribution is -0.147. The lowest BCUT2D eigenvalue weighted by Crippen LogP contribution is -2.29. The van der Waals surface area contributed by atoms with Crippen molar-refractivity contribution in [2.45, 2.75) is 45.6 Å². The van der Waals surface area contributed by atoms with Crippen molar-refractivity contribution >= 4 is 22.8 Å². The van der Waals surface area contributed by atoms with E-state index in [0.29, 0.717) is 6.54 Å². The first-order valence-corrected chi connectivity index (χ1v) is 14.2. The number of rotatable bonds is 9. The maximum Gasteiger partial charge on any atom is 0.314 e. The molecule has 0 saturated carbocycles. The van der Waals surface area contributed by atoms with Gasteiger partial charge < -0.3 is 29.7 Å². The van der Waals surface area contributed by atoms with Gasteiger partial charge >= 0.3 is 11.9 Å². The van der Waals surface area contributed by atoms with Crippen LogP contribution in [0.3, 0.4) is 0 Å². The van der Waals surface area contributed by atoms with Crippen molar-refractivity contribution in [3.05, 3.63) is 77.9 Å². The molecule has 9 nitrogen and oxygen atoms in total. The van der Waals surface area contributed by atoms with Crippen molar-refractivity contribution in [1.82, 2.24) is 9.47 Å². The quantitative estimate of drug-likeness (QED) is 0.182. The summed E-state index contributed by atoms with van der Waals surface area (Å²) in [7, 11) is 0. The first-order valence-electron chi connectivity index (χ1n) is 14.2. The second-order valence-electron chi connectivity index (χ2n) is 10.5. The Kier molecular flexibility index (Phi) is 10.4. The molecular weight excluding hydrogens is 536 g/mol. The standard InChI is InChI=1S/C30H34N2O3.C3H4O4/c1-22-28-20-26(34)12-15-29(28)32(30(22)24-8-10-25(33)11-9-24)21-23-6-13-27(14-7-23)35-19-18-31-16-4-2-3-5-17-31;4-2(5)1-3(6)7/h6-15,20,33-34H,2-5,16-19,21H2,1H3;1H2,(H,4,5)(H,6,7). The Balaban J connectivity index is 0.000000517. The molecule has 0 unspecified atom stereocenters. The van der Waals surface area contributed by atoms with Crippen molar-refractivity contribution < 1.29 is 34.8 Å². The van der Waals surface area contributed by atoms with Crippen LogP contribution in [0.5, 0.6) is 17.2 Å². The molecule has 3 aromatic carbocycles. The van der Waals surface area contributed by atoms with Gasteiger partial charge in [-0.05, 0) is 104 Å². The predicted molar refractivity (Wildman–Crippen MR) is 161 cm³/mol. The molecule has 0 spiro atoms. The molecule has 5 rings (SSSR count). The Morgan fingerprint density at radius 3 is 2.02 bits per heavy atom. The molecule has 4 N–H and O–H groups in total. The highest BCUT2D eigenvalue weighted by molar-refractivity contribution is 5.92. The number of hydrogen-bond donors (Lipinski definition) is 4. The SMILES string of the molecule is Cc1c(-c2ccc(O)cc2)n(Cc2ccc(OCCN3CCCCCC3)cc2)c2ccc(O)cc12.O=C(O)CC(=O)O. The number of benzene rings is 3. The van der Waals surface area contributed by atoms with E-state index in [9.17, 15) is 19.8 Å². The first kappa shape index (κ1) is 30.5. The topological polar surface area (TPSA) is 132 Å². The van der Waals surface area contributed by atoms with Crippen LogP contribution in [0.1, 0.15) is 43.2 Å². The fraction of sp³-hybridized carbons (Fsp3) is 0.333. The number of nitrogens with zero attached hydrogens (tertiary/aromatic N) is 2. The van der Waals surface area contributed by atoms with Gasteiger partial charge in [-0.15, -0.1) is 0 Å². The molecule has 4 aromatic rings. The van der Waals surface area contributed by atoms with Crippen LogP contribution in [0.25, 0.3) is 22.2 Å². The van der Waals surface area contributed by atoms with E-state index >= 15 is 0 Å². The number of carboxylic acids is 2. The van der Waals surface area contributed by atoms with Crippen LogP contribution in [-0.2, 0) is 16.1 Å². The Bertz CT molecular complexity index is 1470. The fourth-order valence-electron chi connectivity index (χ4n) is 5.32. The van der Waals surface area contributed by atoms with Crippen LogP contribution in [0.15, 0.2) is 66.7 Å². The molecule has 1 aromatic heterocycles. The van der Waals surface area contributed by atoms with Crippen LogP contribution in [-0.4, -0.2) is 68.1 Å². The van der Waals surface area contributed by atoms with Gasteiger partial charge in [-0.25, -0.2) is 0 Å². The maximum absolute atomic E-state index is 10.1. The number of hydrogen-bond acceptors (Lipinski definition) is 6. The molecule has 2 heterocycles. The van der Waals surface area contributed by atoms with E-state index in [1.54, 1.807) is 18.2 Å². The van der Waals surface area contributed by atoms with E-state index in [1.807, 2.05) is 24.3 Å². The van der Waals surface area contributed by atoms with Gasteiger partial charge in [0.15, 0.2) is 0 Å². The summed E-state index contributed by atoms with van der Waals surface area (Å²) in [5, 5.41) is 36.3. The zero-order valence-electron chi connectivity index (χ0n) is 23.8. The summed E-state index contributed by atoms with van der Waals surface area (Å²) in [6.07, 6.45) is 4.50. The minimum atomic E-state index is -1.31. The average Bonchev–Trinajstić information content (AvgIpc) is 3.09. The molecule has 0 aliphatic carbocycles. The van der Waals surface area contributed by atoms with Crippen LogP contribution in [0.4, 0.5) is 0 Å². The molecule has 0 bridgehead atoms. The highest BCUT2D eigenvalue weighted by Crippen LogP contribution is 2.36. The number of phenolic OH excluding ortho intramolecular Hbond substituents is 2. The van der Waals surface area contributed by atoms with Gasteiger partial charge in [0.1, 0.15) is 30.3 Å². The van der Waals surface area contributed by atoms with Crippen LogP contribution < -0.4 is 4.74 Å². The van der Waals surface area contributed by atoms with Gasteiger partial charge in [-0.3, -0.25) is 14.5 Å². The number of carboxylic acid groups (broad SMARTS) is 2. The number of fused-ring (bicyclic) bond motifs is 1. The largest absolute Gasteiger partial charge is 0.508 e. The number of phenols is 2. The van der Waals surface area contributed by atoms with Crippen molar-refractivity contribution in [3.8, 4) is 28.5 Å². The van der Waals surface area contributed by atoms with Gasteiger partial charge in [-0.2, -0.15) is 0 Å². The fourth-order valence-corrected chi connectivity index (χ4v) is 5.32. The molecule has 0 atom stereocenters. The highest BCUT2D eigenvalue weighted by atomic mass is 16.5. The summed E-state index contributed by atoms with van der Waals surface area (Å²) in [6, 6.07) is 21.2. The number of aryl methyl sites for hydroxylation is 1. The van der Waals surface area contributed by atoms with E-state index in [2.05, 4.69) is 40.7 Å². The van der Waals surface area contributed by atoms with Gasteiger partial charge in [0, 0.05) is 24.0 Å². The van der Waals surface area contributed by atoms with E-state index in [0.717, 1.165) is 46.6 Å². The van der Waals surface area contributed by atoms with E-state index in [-0.39, 0.29) is 11.5 Å². The van der Waals surface area contributed by atoms with Gasteiger partial charge in [0.05, 0.1) is 5.69 Å². The Morgan fingerprint density at radius 1 is 0.810 bits per heavy atom. The molecule has 0 amide bonds. The summed E-state index contributed by atoms with van der Waals surface area (Å²) in [4.78, 5) is 21.4. The number of carbonyl (C=O) groups is 2. The lowest BCUT2D eigenvalue weighted by Gasteiger charge is -2.19. The zero-order chi connectivity index (χ0) is 30.1. The summed E-state index contributed by atoms with van der Waals surface area (Å²) >= 11 is 0. The minimum Gasteiger partial charge on any atom is -0.508 e. The number of ether oxygens (including phenoxy) is 1. The zero-order valence-corrected chi connectivity index (χ0v) is 23.8. The molecule has 1 saturated heterocycles. The van der Waals surface area contributed by atoms with Crippen molar-refractivity contribution in [2.24, 2.45) is 0 Å². The monoisotopic (exact) mass is 574 g/mol. The summed E-state index contributed by atoms with van der Waals surface area (Å²) in [5.74, 6) is -1.21.